The Labute approximate surface area is 148 Å². The van der Waals surface area contributed by atoms with Gasteiger partial charge in [0, 0.05) is 18.0 Å². The van der Waals surface area contributed by atoms with Crippen LogP contribution in [0.3, 0.4) is 0 Å². The molecule has 0 saturated heterocycles. The number of amides is 1. The highest BCUT2D eigenvalue weighted by Gasteiger charge is 2.38. The van der Waals surface area contributed by atoms with E-state index in [-0.39, 0.29) is 24.2 Å². The Morgan fingerprint density at radius 2 is 1.68 bits per heavy atom. The van der Waals surface area contributed by atoms with Crippen molar-refractivity contribution in [1.82, 2.24) is 0 Å². The van der Waals surface area contributed by atoms with Gasteiger partial charge in [0.05, 0.1) is 6.54 Å². The molecule has 0 heterocycles. The van der Waals surface area contributed by atoms with Crippen LogP contribution in [0.1, 0.15) is 30.4 Å². The molecule has 1 amide bonds. The van der Waals surface area contributed by atoms with Crippen LogP contribution in [0.5, 0.6) is 0 Å². The van der Waals surface area contributed by atoms with Crippen molar-refractivity contribution < 1.29 is 14.7 Å². The summed E-state index contributed by atoms with van der Waals surface area (Å²) in [6.07, 6.45) is 1.50. The van der Waals surface area contributed by atoms with Gasteiger partial charge in [0.25, 0.3) is 0 Å². The number of rotatable bonds is 6. The van der Waals surface area contributed by atoms with E-state index >= 15 is 0 Å². The summed E-state index contributed by atoms with van der Waals surface area (Å²) in [5.74, 6) is -0.634. The fourth-order valence-corrected chi connectivity index (χ4v) is 3.49. The Kier molecular flexibility index (Phi) is 5.17. The Morgan fingerprint density at radius 3 is 2.32 bits per heavy atom. The van der Waals surface area contributed by atoms with Crippen LogP contribution in [0, 0.1) is 18.8 Å². The molecule has 0 aliphatic heterocycles. The maximum Gasteiger partial charge on any atom is 0.303 e. The topological polar surface area (TPSA) is 57.6 Å². The molecule has 4 nitrogen and oxygen atoms in total. The standard InChI is InChI=1S/C21H23NO3/c1-15-7-5-6-10-19(15)22(14-16-8-3-2-4-9-16)21(25)18-11-17(12-18)13-20(23)24/h2-10,17-18H,11-14H2,1H3,(H,23,24). The van der Waals surface area contributed by atoms with Gasteiger partial charge in [-0.05, 0) is 42.9 Å². The lowest BCUT2D eigenvalue weighted by Crippen LogP contribution is -2.42. The molecular formula is C21H23NO3. The second-order valence-electron chi connectivity index (χ2n) is 6.83. The van der Waals surface area contributed by atoms with E-state index in [0.29, 0.717) is 19.4 Å². The predicted molar refractivity (Wildman–Crippen MR) is 97.3 cm³/mol. The first-order valence-corrected chi connectivity index (χ1v) is 8.67. The monoisotopic (exact) mass is 337 g/mol. The molecule has 4 heteroatoms. The second kappa shape index (κ2) is 7.51. The smallest absolute Gasteiger partial charge is 0.303 e. The number of carbonyl (C=O) groups excluding carboxylic acids is 1. The van der Waals surface area contributed by atoms with Gasteiger partial charge in [0.15, 0.2) is 0 Å². The van der Waals surface area contributed by atoms with Crippen LogP contribution in [0.25, 0.3) is 0 Å². The van der Waals surface area contributed by atoms with Gasteiger partial charge in [-0.25, -0.2) is 0 Å². The Hall–Kier alpha value is -2.62. The van der Waals surface area contributed by atoms with Gasteiger partial charge >= 0.3 is 5.97 Å². The zero-order valence-corrected chi connectivity index (χ0v) is 14.4. The third kappa shape index (κ3) is 4.08. The summed E-state index contributed by atoms with van der Waals surface area (Å²) in [4.78, 5) is 25.8. The Morgan fingerprint density at radius 1 is 1.04 bits per heavy atom. The number of carbonyl (C=O) groups is 2. The average Bonchev–Trinajstić information content (AvgIpc) is 2.56. The number of hydrogen-bond acceptors (Lipinski definition) is 2. The number of carboxylic acid groups (broad SMARTS) is 1. The van der Waals surface area contributed by atoms with E-state index in [4.69, 9.17) is 5.11 Å². The lowest BCUT2D eigenvalue weighted by molar-refractivity contribution is -0.140. The van der Waals surface area contributed by atoms with Crippen molar-refractivity contribution >= 4 is 17.6 Å². The highest BCUT2D eigenvalue weighted by Crippen LogP contribution is 2.38. The third-order valence-corrected chi connectivity index (χ3v) is 4.90. The number of benzene rings is 2. The average molecular weight is 337 g/mol. The largest absolute Gasteiger partial charge is 0.481 e. The second-order valence-corrected chi connectivity index (χ2v) is 6.83. The molecule has 0 atom stereocenters. The SMILES string of the molecule is Cc1ccccc1N(Cc1ccccc1)C(=O)C1CC(CC(=O)O)C1. The van der Waals surface area contributed by atoms with Crippen molar-refractivity contribution in [3.8, 4) is 0 Å². The molecule has 0 aromatic heterocycles. The minimum atomic E-state index is -0.782. The molecule has 1 aliphatic carbocycles. The first-order chi connectivity index (χ1) is 12.0. The summed E-state index contributed by atoms with van der Waals surface area (Å²) in [6, 6.07) is 17.9. The maximum absolute atomic E-state index is 13.1. The van der Waals surface area contributed by atoms with E-state index in [1.54, 1.807) is 0 Å². The summed E-state index contributed by atoms with van der Waals surface area (Å²) in [5, 5.41) is 8.90. The van der Waals surface area contributed by atoms with E-state index in [9.17, 15) is 9.59 Å². The molecule has 1 saturated carbocycles. The molecule has 0 radical (unpaired) electrons. The number of para-hydroxylation sites is 1. The van der Waals surface area contributed by atoms with Gasteiger partial charge in [-0.2, -0.15) is 0 Å². The predicted octanol–water partition coefficient (Wildman–Crippen LogP) is 4.03. The van der Waals surface area contributed by atoms with Gasteiger partial charge in [0.1, 0.15) is 0 Å². The third-order valence-electron chi connectivity index (χ3n) is 4.90. The summed E-state index contributed by atoms with van der Waals surface area (Å²) in [6.45, 7) is 2.54. The highest BCUT2D eigenvalue weighted by atomic mass is 16.4. The zero-order valence-electron chi connectivity index (χ0n) is 14.4. The van der Waals surface area contributed by atoms with E-state index in [2.05, 4.69) is 0 Å². The lowest BCUT2D eigenvalue weighted by Gasteiger charge is -2.37. The van der Waals surface area contributed by atoms with Gasteiger partial charge in [0.2, 0.25) is 5.91 Å². The number of nitrogens with zero attached hydrogens (tertiary/aromatic N) is 1. The van der Waals surface area contributed by atoms with Gasteiger partial charge in [-0.15, -0.1) is 0 Å². The molecule has 3 rings (SSSR count). The highest BCUT2D eigenvalue weighted by molar-refractivity contribution is 5.96. The quantitative estimate of drug-likeness (QED) is 0.866. The summed E-state index contributed by atoms with van der Waals surface area (Å²) < 4.78 is 0. The van der Waals surface area contributed by atoms with Crippen LogP contribution < -0.4 is 4.90 Å². The van der Waals surface area contributed by atoms with Gasteiger partial charge < -0.3 is 10.0 Å². The summed E-state index contributed by atoms with van der Waals surface area (Å²) >= 11 is 0. The van der Waals surface area contributed by atoms with Gasteiger partial charge in [-0.1, -0.05) is 48.5 Å². The Bertz CT molecular complexity index is 751. The van der Waals surface area contributed by atoms with E-state index in [1.807, 2.05) is 66.4 Å². The van der Waals surface area contributed by atoms with Gasteiger partial charge in [-0.3, -0.25) is 9.59 Å². The zero-order chi connectivity index (χ0) is 17.8. The van der Waals surface area contributed by atoms with Crippen molar-refractivity contribution in [3.05, 3.63) is 65.7 Å². The molecule has 1 fully saturated rings. The minimum absolute atomic E-state index is 0.0762. The van der Waals surface area contributed by atoms with Crippen molar-refractivity contribution in [2.24, 2.45) is 11.8 Å². The molecule has 130 valence electrons. The molecule has 2 aromatic carbocycles. The van der Waals surface area contributed by atoms with Crippen molar-refractivity contribution in [2.75, 3.05) is 4.90 Å². The molecule has 25 heavy (non-hydrogen) atoms. The minimum Gasteiger partial charge on any atom is -0.481 e. The normalized spacial score (nSPS) is 19.1. The van der Waals surface area contributed by atoms with Crippen LogP contribution in [0.2, 0.25) is 0 Å². The van der Waals surface area contributed by atoms with Crippen molar-refractivity contribution in [2.45, 2.75) is 32.7 Å². The van der Waals surface area contributed by atoms with E-state index in [1.165, 1.54) is 0 Å². The lowest BCUT2D eigenvalue weighted by atomic mass is 9.72. The Balaban J connectivity index is 1.78. The van der Waals surface area contributed by atoms with Crippen LogP contribution in [0.15, 0.2) is 54.6 Å². The molecular weight excluding hydrogens is 314 g/mol. The molecule has 0 spiro atoms. The molecule has 1 N–H and O–H groups in total. The molecule has 0 unspecified atom stereocenters. The fourth-order valence-electron chi connectivity index (χ4n) is 3.49. The first-order valence-electron chi connectivity index (χ1n) is 8.67. The van der Waals surface area contributed by atoms with Crippen LogP contribution in [0.4, 0.5) is 5.69 Å². The molecule has 1 aliphatic rings. The van der Waals surface area contributed by atoms with Crippen molar-refractivity contribution in [1.29, 1.82) is 0 Å². The number of aryl methyl sites for hydroxylation is 1. The van der Waals surface area contributed by atoms with Crippen LogP contribution >= 0.6 is 0 Å². The number of carboxylic acids is 1. The van der Waals surface area contributed by atoms with Crippen molar-refractivity contribution in [3.63, 3.8) is 0 Å². The van der Waals surface area contributed by atoms with E-state index < -0.39 is 5.97 Å². The van der Waals surface area contributed by atoms with E-state index in [0.717, 1.165) is 16.8 Å². The maximum atomic E-state index is 13.1. The first kappa shape index (κ1) is 17.2. The summed E-state index contributed by atoms with van der Waals surface area (Å²) in [5.41, 5.74) is 3.08. The number of anilines is 1. The summed E-state index contributed by atoms with van der Waals surface area (Å²) in [7, 11) is 0. The molecule has 2 aromatic rings. The van der Waals surface area contributed by atoms with Crippen LogP contribution in [-0.2, 0) is 16.1 Å². The van der Waals surface area contributed by atoms with Crippen LogP contribution in [-0.4, -0.2) is 17.0 Å². The number of aliphatic carboxylic acids is 1. The fraction of sp³-hybridized carbons (Fsp3) is 0.333. The number of hydrogen-bond donors (Lipinski definition) is 1. The molecule has 0 bridgehead atoms.